The predicted octanol–water partition coefficient (Wildman–Crippen LogP) is -2.25. The molecule has 3 heterocycles. The Bertz CT molecular complexity index is 1800. The van der Waals surface area contributed by atoms with Gasteiger partial charge in [-0.15, -0.1) is 0 Å². The number of ether oxygens (including phenoxy) is 6. The summed E-state index contributed by atoms with van der Waals surface area (Å²) < 4.78 is 34.0. The van der Waals surface area contributed by atoms with Gasteiger partial charge in [0.25, 0.3) is 0 Å². The van der Waals surface area contributed by atoms with Crippen molar-refractivity contribution in [3.05, 3.63) is 11.6 Å². The third kappa shape index (κ3) is 8.37. The smallest absolute Gasteiger partial charge is 0.311 e. The van der Waals surface area contributed by atoms with Gasteiger partial charge in [-0.05, 0) is 104 Å². The van der Waals surface area contributed by atoms with E-state index in [2.05, 4.69) is 33.8 Å². The number of hydrogen-bond acceptors (Lipinski definition) is 20. The van der Waals surface area contributed by atoms with Gasteiger partial charge in [-0.2, -0.15) is 0 Å². The van der Waals surface area contributed by atoms with Gasteiger partial charge in [-0.25, -0.2) is 0 Å². The van der Waals surface area contributed by atoms with Gasteiger partial charge < -0.3 is 94.8 Å². The molecule has 0 spiro atoms. The molecule has 67 heavy (non-hydrogen) atoms. The van der Waals surface area contributed by atoms with Crippen LogP contribution in [0.15, 0.2) is 11.6 Å². The maximum absolute atomic E-state index is 14.4. The summed E-state index contributed by atoms with van der Waals surface area (Å²) in [5.41, 5.74) is 0.0505. The van der Waals surface area contributed by atoms with Crippen LogP contribution in [-0.4, -0.2) is 196 Å². The summed E-state index contributed by atoms with van der Waals surface area (Å²) >= 11 is 0. The molecule has 5 aliphatic carbocycles. The normalized spacial score (nSPS) is 55.2. The van der Waals surface area contributed by atoms with Crippen molar-refractivity contribution in [1.29, 1.82) is 0 Å². The van der Waals surface area contributed by atoms with E-state index in [9.17, 15) is 71.2 Å². The molecule has 20 nitrogen and oxygen atoms in total. The molecule has 21 unspecified atom stereocenters. The number of allylic oxidation sites excluding steroid dienone is 2. The molecular weight excluding hydrogens is 884 g/mol. The Hall–Kier alpha value is -1.51. The Morgan fingerprint density at radius 3 is 2.10 bits per heavy atom. The molecule has 20 heteroatoms. The number of aliphatic hydroxyl groups excluding tert-OH is 11. The molecule has 0 aromatic heterocycles. The molecule has 3 saturated heterocycles. The number of carbonyl (C=O) groups excluding carboxylic acids is 1. The molecule has 384 valence electrons. The minimum atomic E-state index is -3.07. The van der Waals surface area contributed by atoms with Crippen molar-refractivity contribution in [2.45, 2.75) is 190 Å². The van der Waals surface area contributed by atoms with Crippen molar-refractivity contribution in [2.75, 3.05) is 19.8 Å². The van der Waals surface area contributed by atoms with Gasteiger partial charge in [-0.1, -0.05) is 46.3 Å². The van der Waals surface area contributed by atoms with E-state index < -0.39 is 135 Å². The Kier molecular flexibility index (Phi) is 14.6. The van der Waals surface area contributed by atoms with Crippen LogP contribution >= 0.6 is 0 Å². The first-order valence-corrected chi connectivity index (χ1v) is 24.3. The lowest BCUT2D eigenvalue weighted by molar-refractivity contribution is -0.404. The molecule has 7 fully saturated rings. The molecule has 8 rings (SSSR count). The largest absolute Gasteiger partial charge is 0.432 e. The second kappa shape index (κ2) is 18.8. The number of fused-ring (bicyclic) bond motifs is 7. The third-order valence-electron chi connectivity index (χ3n) is 18.9. The standard InChI is InChI=1S/C47H76O20/c1-18-13-22(21-11-12-44(4)23-9-10-29-45(5,14-26(50)38(57)46(29,6)17-49)24(23)7-8-25(44)30(21)19(18)2)40(59)67-42-34(54)32(52)31(51)28(65-42)16-62-41-35(55)33(53)36(27(15-48)64-41)66-43-39(58)47(60,61)37(56)20(3)63-43/h8,18-24,26-39,41-43,48-58,60-61H,7,9-17H2,1-6H3/t18?,19?,20?,21?,22?,23?,24?,26?,27?,28?,29?,30?,31-,32?,33?,34+,35+,36+,37+,38?,39-,41?,42?,43?,44?,45?,46?/m1/s1. The van der Waals surface area contributed by atoms with Crippen molar-refractivity contribution < 1.29 is 99.6 Å². The first-order chi connectivity index (χ1) is 31.4. The van der Waals surface area contributed by atoms with E-state index >= 15 is 0 Å². The van der Waals surface area contributed by atoms with Crippen LogP contribution in [0.3, 0.4) is 0 Å². The van der Waals surface area contributed by atoms with E-state index in [1.165, 1.54) is 12.5 Å². The molecular formula is C47H76O20. The Morgan fingerprint density at radius 1 is 0.761 bits per heavy atom. The zero-order valence-corrected chi connectivity index (χ0v) is 39.2. The van der Waals surface area contributed by atoms with E-state index in [0.717, 1.165) is 32.1 Å². The monoisotopic (exact) mass is 960 g/mol. The highest BCUT2D eigenvalue weighted by Gasteiger charge is 2.66. The van der Waals surface area contributed by atoms with E-state index in [4.69, 9.17) is 28.4 Å². The maximum Gasteiger partial charge on any atom is 0.311 e. The molecule has 0 aromatic carbocycles. The summed E-state index contributed by atoms with van der Waals surface area (Å²) in [4.78, 5) is 14.4. The van der Waals surface area contributed by atoms with Crippen molar-refractivity contribution >= 4 is 5.97 Å². The summed E-state index contributed by atoms with van der Waals surface area (Å²) in [6.07, 6.45) is -19.1. The van der Waals surface area contributed by atoms with Crippen molar-refractivity contribution in [3.63, 3.8) is 0 Å². The highest BCUT2D eigenvalue weighted by Crippen LogP contribution is 2.70. The Labute approximate surface area is 390 Å². The summed E-state index contributed by atoms with van der Waals surface area (Å²) in [5.74, 6) is -3.40. The first kappa shape index (κ1) is 51.8. The fraction of sp³-hybridized carbons (Fsp3) is 0.936. The predicted molar refractivity (Wildman–Crippen MR) is 228 cm³/mol. The van der Waals surface area contributed by atoms with Crippen LogP contribution in [0.25, 0.3) is 0 Å². The molecule has 27 atom stereocenters. The van der Waals surface area contributed by atoms with Crippen molar-refractivity contribution in [2.24, 2.45) is 63.6 Å². The van der Waals surface area contributed by atoms with Crippen molar-refractivity contribution in [1.82, 2.24) is 0 Å². The molecule has 0 aromatic rings. The lowest BCUT2D eigenvalue weighted by Gasteiger charge is -2.67. The van der Waals surface area contributed by atoms with E-state index in [1.54, 1.807) is 0 Å². The van der Waals surface area contributed by atoms with Crippen LogP contribution in [0, 0.1) is 63.6 Å². The van der Waals surface area contributed by atoms with Crippen LogP contribution in [0.4, 0.5) is 0 Å². The van der Waals surface area contributed by atoms with Gasteiger partial charge >= 0.3 is 5.97 Å². The number of aliphatic hydroxyl groups is 13. The lowest BCUT2D eigenvalue weighted by atomic mass is 9.38. The summed E-state index contributed by atoms with van der Waals surface area (Å²) in [5, 5.41) is 139. The average molecular weight is 961 g/mol. The third-order valence-corrected chi connectivity index (χ3v) is 18.9. The van der Waals surface area contributed by atoms with Gasteiger partial charge in [0, 0.05) is 5.41 Å². The fourth-order valence-corrected chi connectivity index (χ4v) is 14.8. The summed E-state index contributed by atoms with van der Waals surface area (Å²) in [6, 6.07) is 0. The van der Waals surface area contributed by atoms with Crippen LogP contribution in [-0.2, 0) is 33.2 Å². The zero-order chi connectivity index (χ0) is 49.0. The molecule has 8 aliphatic rings. The number of hydrogen-bond donors (Lipinski definition) is 13. The van der Waals surface area contributed by atoms with Gasteiger partial charge in [0.1, 0.15) is 54.9 Å². The maximum atomic E-state index is 14.4. The molecule has 0 bridgehead atoms. The van der Waals surface area contributed by atoms with Crippen LogP contribution < -0.4 is 0 Å². The molecule has 13 N–H and O–H groups in total. The molecule has 0 radical (unpaired) electrons. The van der Waals surface area contributed by atoms with E-state index in [0.29, 0.717) is 18.8 Å². The second-order valence-electron chi connectivity index (χ2n) is 22.4. The van der Waals surface area contributed by atoms with E-state index in [-0.39, 0.29) is 52.9 Å². The molecule has 4 saturated carbocycles. The quantitative estimate of drug-likeness (QED) is 0.0660. The van der Waals surface area contributed by atoms with Gasteiger partial charge in [0.05, 0.1) is 44.1 Å². The number of esters is 1. The fourth-order valence-electron chi connectivity index (χ4n) is 14.8. The topological polar surface area (TPSA) is 335 Å². The molecule has 0 amide bonds. The number of rotatable bonds is 9. The number of carbonyl (C=O) groups is 1. The first-order valence-electron chi connectivity index (χ1n) is 24.3. The summed E-state index contributed by atoms with van der Waals surface area (Å²) in [7, 11) is 0. The Balaban J connectivity index is 0.933. The highest BCUT2D eigenvalue weighted by molar-refractivity contribution is 5.73. The van der Waals surface area contributed by atoms with E-state index in [1.807, 2.05) is 6.92 Å². The SMILES string of the molecule is CC1CC(C(=O)OC2OC(COC3OC(CO)[C@H](OC4OC(C)[C@H](O)C(O)(O)[C@@H]4O)C(O)[C@@H]3O)[C@@H](O)C(O)[C@@H]2O)C2CCC3(C)C(=CCC4C3CCC3C(C)(CO)C(O)C(O)CC43C)C2C1C. The second-order valence-corrected chi connectivity index (χ2v) is 22.4. The zero-order valence-electron chi connectivity index (χ0n) is 39.2. The lowest BCUT2D eigenvalue weighted by Crippen LogP contribution is -2.68. The van der Waals surface area contributed by atoms with Crippen LogP contribution in [0.5, 0.6) is 0 Å². The molecule has 3 aliphatic heterocycles. The minimum Gasteiger partial charge on any atom is -0.432 e. The van der Waals surface area contributed by atoms with Gasteiger partial charge in [0.15, 0.2) is 18.7 Å². The van der Waals surface area contributed by atoms with Crippen LogP contribution in [0.2, 0.25) is 0 Å². The highest BCUT2D eigenvalue weighted by atomic mass is 16.8. The summed E-state index contributed by atoms with van der Waals surface area (Å²) in [6.45, 7) is 10.4. The average Bonchev–Trinajstić information content (AvgIpc) is 3.29. The van der Waals surface area contributed by atoms with Gasteiger partial charge in [-0.3, -0.25) is 4.79 Å². The van der Waals surface area contributed by atoms with Crippen LogP contribution in [0.1, 0.15) is 86.5 Å². The van der Waals surface area contributed by atoms with Gasteiger partial charge in [0.2, 0.25) is 12.1 Å². The minimum absolute atomic E-state index is 0.0385. The van der Waals surface area contributed by atoms with Crippen molar-refractivity contribution in [3.8, 4) is 0 Å². The Morgan fingerprint density at radius 2 is 1.43 bits per heavy atom.